The van der Waals surface area contributed by atoms with Crippen LogP contribution in [-0.2, 0) is 9.59 Å². The average molecular weight is 215 g/mol. The van der Waals surface area contributed by atoms with Gasteiger partial charge < -0.3 is 10.4 Å². The van der Waals surface area contributed by atoms with Crippen LogP contribution in [0, 0.1) is 0 Å². The molecule has 88 valence electrons. The van der Waals surface area contributed by atoms with Gasteiger partial charge in [-0.25, -0.2) is 0 Å². The van der Waals surface area contributed by atoms with Crippen LogP contribution in [0.15, 0.2) is 0 Å². The highest BCUT2D eigenvalue weighted by molar-refractivity contribution is 5.77. The number of carbonyl (C=O) groups excluding carboxylic acids is 1. The van der Waals surface area contributed by atoms with Crippen molar-refractivity contribution >= 4 is 11.9 Å². The fourth-order valence-corrected chi connectivity index (χ4v) is 1.34. The van der Waals surface area contributed by atoms with Gasteiger partial charge in [0.2, 0.25) is 5.91 Å². The normalized spacial score (nSPS) is 12.1. The summed E-state index contributed by atoms with van der Waals surface area (Å²) in [5.41, 5.74) is 0. The number of rotatable bonds is 8. The molecular formula is C11H21NO3. The topological polar surface area (TPSA) is 66.4 Å². The Kier molecular flexibility index (Phi) is 7.68. The Hall–Kier alpha value is -1.06. The molecule has 0 fully saturated rings. The number of hydrogen-bond acceptors (Lipinski definition) is 2. The molecule has 2 N–H and O–H groups in total. The lowest BCUT2D eigenvalue weighted by Crippen LogP contribution is -2.35. The summed E-state index contributed by atoms with van der Waals surface area (Å²) in [6.07, 6.45) is 4.18. The summed E-state index contributed by atoms with van der Waals surface area (Å²) < 4.78 is 0. The van der Waals surface area contributed by atoms with E-state index >= 15 is 0 Å². The van der Waals surface area contributed by atoms with Crippen molar-refractivity contribution in [2.75, 3.05) is 0 Å². The fraction of sp³-hybridized carbons (Fsp3) is 0.818. The minimum atomic E-state index is -0.865. The SMILES string of the molecule is CCCCCC(=O)NC(CC)CC(=O)O. The van der Waals surface area contributed by atoms with Gasteiger partial charge in [0.25, 0.3) is 0 Å². The van der Waals surface area contributed by atoms with E-state index in [1.165, 1.54) is 0 Å². The van der Waals surface area contributed by atoms with Crippen LogP contribution in [0.1, 0.15) is 52.4 Å². The van der Waals surface area contributed by atoms with Crippen LogP contribution in [-0.4, -0.2) is 23.0 Å². The third kappa shape index (κ3) is 7.97. The number of hydrogen-bond donors (Lipinski definition) is 2. The molecule has 0 heterocycles. The molecule has 0 aliphatic carbocycles. The standard InChI is InChI=1S/C11H21NO3/c1-3-5-6-7-10(13)12-9(4-2)8-11(14)15/h9H,3-8H2,1-2H3,(H,12,13)(H,14,15). The van der Waals surface area contributed by atoms with E-state index in [1.807, 2.05) is 6.92 Å². The number of amides is 1. The molecule has 0 rings (SSSR count). The van der Waals surface area contributed by atoms with Crippen molar-refractivity contribution in [2.24, 2.45) is 0 Å². The second-order valence-electron chi connectivity index (χ2n) is 3.73. The van der Waals surface area contributed by atoms with Crippen LogP contribution in [0.25, 0.3) is 0 Å². The predicted molar refractivity (Wildman–Crippen MR) is 58.6 cm³/mol. The Balaban J connectivity index is 3.75. The molecule has 1 unspecified atom stereocenters. The van der Waals surface area contributed by atoms with Gasteiger partial charge in [0.05, 0.1) is 6.42 Å². The number of nitrogens with one attached hydrogen (secondary N) is 1. The van der Waals surface area contributed by atoms with Crippen LogP contribution in [0.3, 0.4) is 0 Å². The van der Waals surface area contributed by atoms with Crippen molar-refractivity contribution in [1.29, 1.82) is 0 Å². The highest BCUT2D eigenvalue weighted by Crippen LogP contribution is 2.02. The molecule has 0 aromatic rings. The minimum absolute atomic E-state index is 0.00994. The summed E-state index contributed by atoms with van der Waals surface area (Å²) >= 11 is 0. The van der Waals surface area contributed by atoms with Crippen molar-refractivity contribution in [3.8, 4) is 0 Å². The molecule has 0 saturated heterocycles. The number of unbranched alkanes of at least 4 members (excludes halogenated alkanes) is 2. The lowest BCUT2D eigenvalue weighted by molar-refractivity contribution is -0.137. The lowest BCUT2D eigenvalue weighted by Gasteiger charge is -2.14. The van der Waals surface area contributed by atoms with Gasteiger partial charge in [-0.05, 0) is 12.8 Å². The first-order chi connectivity index (χ1) is 7.10. The van der Waals surface area contributed by atoms with Crippen molar-refractivity contribution < 1.29 is 14.7 Å². The summed E-state index contributed by atoms with van der Waals surface area (Å²) in [4.78, 5) is 21.8. The largest absolute Gasteiger partial charge is 0.481 e. The average Bonchev–Trinajstić information content (AvgIpc) is 2.16. The third-order valence-corrected chi connectivity index (χ3v) is 2.29. The summed E-state index contributed by atoms with van der Waals surface area (Å²) in [5.74, 6) is -0.896. The molecule has 0 aromatic carbocycles. The van der Waals surface area contributed by atoms with Crippen molar-refractivity contribution in [2.45, 2.75) is 58.4 Å². The first-order valence-electron chi connectivity index (χ1n) is 5.61. The Labute approximate surface area is 91.1 Å². The van der Waals surface area contributed by atoms with Crippen LogP contribution in [0.2, 0.25) is 0 Å². The highest BCUT2D eigenvalue weighted by atomic mass is 16.4. The summed E-state index contributed by atoms with van der Waals surface area (Å²) in [7, 11) is 0. The Morgan fingerprint density at radius 1 is 1.27 bits per heavy atom. The second kappa shape index (κ2) is 8.26. The Bertz CT molecular complexity index is 204. The van der Waals surface area contributed by atoms with Gasteiger partial charge in [0.15, 0.2) is 0 Å². The van der Waals surface area contributed by atoms with E-state index < -0.39 is 5.97 Å². The van der Waals surface area contributed by atoms with Crippen LogP contribution >= 0.6 is 0 Å². The molecule has 4 heteroatoms. The van der Waals surface area contributed by atoms with E-state index in [0.717, 1.165) is 19.3 Å². The molecule has 0 aliphatic rings. The van der Waals surface area contributed by atoms with Gasteiger partial charge in [-0.2, -0.15) is 0 Å². The first-order valence-corrected chi connectivity index (χ1v) is 5.61. The van der Waals surface area contributed by atoms with Gasteiger partial charge >= 0.3 is 5.97 Å². The molecule has 0 aromatic heterocycles. The first kappa shape index (κ1) is 13.9. The maximum atomic E-state index is 11.4. The second-order valence-corrected chi connectivity index (χ2v) is 3.73. The van der Waals surface area contributed by atoms with Crippen molar-refractivity contribution in [3.63, 3.8) is 0 Å². The van der Waals surface area contributed by atoms with Crippen molar-refractivity contribution in [1.82, 2.24) is 5.32 Å². The van der Waals surface area contributed by atoms with Crippen molar-refractivity contribution in [3.05, 3.63) is 0 Å². The van der Waals surface area contributed by atoms with Gasteiger partial charge in [-0.1, -0.05) is 26.7 Å². The number of aliphatic carboxylic acids is 1. The zero-order chi connectivity index (χ0) is 11.7. The maximum Gasteiger partial charge on any atom is 0.305 e. The van der Waals surface area contributed by atoms with Gasteiger partial charge in [0.1, 0.15) is 0 Å². The van der Waals surface area contributed by atoms with Gasteiger partial charge in [0, 0.05) is 12.5 Å². The molecule has 1 amide bonds. The number of carboxylic acids is 1. The quantitative estimate of drug-likeness (QED) is 0.608. The molecule has 0 aliphatic heterocycles. The molecule has 0 spiro atoms. The van der Waals surface area contributed by atoms with Gasteiger partial charge in [-0.15, -0.1) is 0 Å². The summed E-state index contributed by atoms with van der Waals surface area (Å²) in [6, 6.07) is -0.225. The Morgan fingerprint density at radius 2 is 1.93 bits per heavy atom. The van der Waals surface area contributed by atoms with Crippen LogP contribution < -0.4 is 5.32 Å². The van der Waals surface area contributed by atoms with E-state index in [2.05, 4.69) is 12.2 Å². The molecular weight excluding hydrogens is 194 g/mol. The number of carbonyl (C=O) groups is 2. The summed E-state index contributed by atoms with van der Waals surface area (Å²) in [6.45, 7) is 3.96. The van der Waals surface area contributed by atoms with E-state index in [-0.39, 0.29) is 18.4 Å². The smallest absolute Gasteiger partial charge is 0.305 e. The van der Waals surface area contributed by atoms with Crippen LogP contribution in [0.4, 0.5) is 0 Å². The lowest BCUT2D eigenvalue weighted by atomic mass is 10.1. The Morgan fingerprint density at radius 3 is 2.40 bits per heavy atom. The predicted octanol–water partition coefficient (Wildman–Crippen LogP) is 1.94. The minimum Gasteiger partial charge on any atom is -0.481 e. The molecule has 4 nitrogen and oxygen atoms in total. The van der Waals surface area contributed by atoms with E-state index in [4.69, 9.17) is 5.11 Å². The fourth-order valence-electron chi connectivity index (χ4n) is 1.34. The molecule has 1 atom stereocenters. The summed E-state index contributed by atoms with van der Waals surface area (Å²) in [5, 5.41) is 11.3. The molecule has 15 heavy (non-hydrogen) atoms. The number of carboxylic acid groups (broad SMARTS) is 1. The zero-order valence-electron chi connectivity index (χ0n) is 9.58. The molecule has 0 radical (unpaired) electrons. The third-order valence-electron chi connectivity index (χ3n) is 2.29. The van der Waals surface area contributed by atoms with E-state index in [1.54, 1.807) is 0 Å². The maximum absolute atomic E-state index is 11.4. The van der Waals surface area contributed by atoms with Crippen LogP contribution in [0.5, 0.6) is 0 Å². The zero-order valence-corrected chi connectivity index (χ0v) is 9.58. The van der Waals surface area contributed by atoms with E-state index in [9.17, 15) is 9.59 Å². The monoisotopic (exact) mass is 215 g/mol. The molecule has 0 saturated carbocycles. The van der Waals surface area contributed by atoms with Gasteiger partial charge in [-0.3, -0.25) is 9.59 Å². The highest BCUT2D eigenvalue weighted by Gasteiger charge is 2.13. The molecule has 0 bridgehead atoms. The van der Waals surface area contributed by atoms with E-state index in [0.29, 0.717) is 12.8 Å².